The number of aromatic amines is 1. The molecule has 1 N–H and O–H groups in total. The highest BCUT2D eigenvalue weighted by Gasteiger charge is 2.27. The first kappa shape index (κ1) is 14.6. The van der Waals surface area contributed by atoms with E-state index in [0.29, 0.717) is 11.8 Å². The van der Waals surface area contributed by atoms with E-state index >= 15 is 0 Å². The molecule has 5 nitrogen and oxygen atoms in total. The molecule has 1 aliphatic heterocycles. The van der Waals surface area contributed by atoms with E-state index in [0.717, 1.165) is 38.0 Å². The van der Waals surface area contributed by atoms with Crippen molar-refractivity contribution in [3.8, 4) is 0 Å². The quantitative estimate of drug-likeness (QED) is 0.929. The Morgan fingerprint density at radius 1 is 1.43 bits per heavy atom. The minimum absolute atomic E-state index is 0.000150. The molecule has 5 heteroatoms. The maximum absolute atomic E-state index is 12.4. The van der Waals surface area contributed by atoms with E-state index in [-0.39, 0.29) is 18.6 Å². The van der Waals surface area contributed by atoms with Gasteiger partial charge in [0.2, 0.25) is 5.91 Å². The lowest BCUT2D eigenvalue weighted by atomic mass is 9.92. The third-order valence-corrected chi connectivity index (χ3v) is 4.62. The third kappa shape index (κ3) is 3.28. The maximum atomic E-state index is 12.4. The van der Waals surface area contributed by atoms with E-state index in [9.17, 15) is 4.79 Å². The Balaban J connectivity index is 1.55. The van der Waals surface area contributed by atoms with E-state index in [1.807, 2.05) is 11.1 Å². The van der Waals surface area contributed by atoms with Crippen LogP contribution in [0, 0.1) is 11.8 Å². The first-order valence-corrected chi connectivity index (χ1v) is 8.05. The summed E-state index contributed by atoms with van der Waals surface area (Å²) in [4.78, 5) is 14.3. The van der Waals surface area contributed by atoms with Crippen LogP contribution in [0.4, 0.5) is 0 Å². The second-order valence-corrected chi connectivity index (χ2v) is 6.75. The van der Waals surface area contributed by atoms with Crippen LogP contribution in [0.5, 0.6) is 0 Å². The highest BCUT2D eigenvalue weighted by atomic mass is 16.5. The van der Waals surface area contributed by atoms with Crippen LogP contribution in [-0.4, -0.2) is 40.7 Å². The zero-order valence-corrected chi connectivity index (χ0v) is 13.0. The van der Waals surface area contributed by atoms with Gasteiger partial charge in [-0.3, -0.25) is 9.89 Å². The predicted molar refractivity (Wildman–Crippen MR) is 79.7 cm³/mol. The number of piperidine rings is 1. The van der Waals surface area contributed by atoms with Crippen molar-refractivity contribution >= 4 is 5.91 Å². The molecule has 3 rings (SSSR count). The van der Waals surface area contributed by atoms with Crippen molar-refractivity contribution in [2.45, 2.75) is 45.6 Å². The van der Waals surface area contributed by atoms with Crippen molar-refractivity contribution < 1.29 is 9.53 Å². The van der Waals surface area contributed by atoms with Crippen LogP contribution in [0.2, 0.25) is 0 Å². The molecule has 1 aromatic rings. The minimum atomic E-state index is -0.000150. The van der Waals surface area contributed by atoms with Crippen LogP contribution < -0.4 is 0 Å². The molecule has 1 amide bonds. The lowest BCUT2D eigenvalue weighted by molar-refractivity contribution is -0.141. The number of hydrogen-bond donors (Lipinski definition) is 1. The SMILES string of the molecule is CC1CC(C)CN(C(=O)COC2CCCc3cn[nH]c32)C1. The van der Waals surface area contributed by atoms with Crippen molar-refractivity contribution in [3.05, 3.63) is 17.5 Å². The number of likely N-dealkylation sites (tertiary alicyclic amines) is 1. The number of aromatic nitrogens is 2. The van der Waals surface area contributed by atoms with Gasteiger partial charge in [-0.25, -0.2) is 0 Å². The highest BCUT2D eigenvalue weighted by molar-refractivity contribution is 5.77. The van der Waals surface area contributed by atoms with Gasteiger partial charge in [-0.1, -0.05) is 13.8 Å². The largest absolute Gasteiger partial charge is 0.362 e. The summed E-state index contributed by atoms with van der Waals surface area (Å²) in [5, 5.41) is 7.12. The molecule has 0 bridgehead atoms. The Morgan fingerprint density at radius 3 is 2.95 bits per heavy atom. The Hall–Kier alpha value is -1.36. The summed E-state index contributed by atoms with van der Waals surface area (Å²) in [6.45, 7) is 6.35. The fourth-order valence-electron chi connectivity index (χ4n) is 3.72. The normalized spacial score (nSPS) is 29.2. The zero-order chi connectivity index (χ0) is 14.8. The molecule has 0 spiro atoms. The average molecular weight is 291 g/mol. The van der Waals surface area contributed by atoms with Crippen LogP contribution in [0.15, 0.2) is 6.20 Å². The second kappa shape index (κ2) is 6.18. The van der Waals surface area contributed by atoms with E-state index < -0.39 is 0 Å². The number of hydrogen-bond acceptors (Lipinski definition) is 3. The first-order valence-electron chi connectivity index (χ1n) is 8.05. The molecule has 1 aromatic heterocycles. The van der Waals surface area contributed by atoms with Crippen molar-refractivity contribution in [1.29, 1.82) is 0 Å². The number of amides is 1. The summed E-state index contributed by atoms with van der Waals surface area (Å²) in [7, 11) is 0. The molecule has 116 valence electrons. The Bertz CT molecular complexity index is 489. The molecule has 0 aromatic carbocycles. The van der Waals surface area contributed by atoms with Crippen LogP contribution in [0.3, 0.4) is 0 Å². The molecular weight excluding hydrogens is 266 g/mol. The fourth-order valence-corrected chi connectivity index (χ4v) is 3.72. The molecule has 2 aliphatic rings. The fraction of sp³-hybridized carbons (Fsp3) is 0.750. The number of nitrogens with zero attached hydrogens (tertiary/aromatic N) is 2. The average Bonchev–Trinajstić information content (AvgIpc) is 2.92. The summed E-state index contributed by atoms with van der Waals surface area (Å²) >= 11 is 0. The van der Waals surface area contributed by atoms with E-state index in [1.54, 1.807) is 0 Å². The summed E-state index contributed by atoms with van der Waals surface area (Å²) < 4.78 is 5.89. The third-order valence-electron chi connectivity index (χ3n) is 4.62. The van der Waals surface area contributed by atoms with Crippen molar-refractivity contribution in [1.82, 2.24) is 15.1 Å². The molecule has 3 atom stereocenters. The Kier molecular flexibility index (Phi) is 4.29. The van der Waals surface area contributed by atoms with Crippen LogP contribution in [0.25, 0.3) is 0 Å². The summed E-state index contributed by atoms with van der Waals surface area (Å²) in [5.74, 6) is 1.30. The zero-order valence-electron chi connectivity index (χ0n) is 13.0. The number of carbonyl (C=O) groups is 1. The number of ether oxygens (including phenoxy) is 1. The van der Waals surface area contributed by atoms with Gasteiger partial charge in [0, 0.05) is 13.1 Å². The summed E-state index contributed by atoms with van der Waals surface area (Å²) in [6, 6.07) is 0. The molecule has 1 saturated heterocycles. The minimum Gasteiger partial charge on any atom is -0.362 e. The van der Waals surface area contributed by atoms with Gasteiger partial charge < -0.3 is 9.64 Å². The van der Waals surface area contributed by atoms with Gasteiger partial charge in [0.15, 0.2) is 0 Å². The molecule has 1 fully saturated rings. The predicted octanol–water partition coefficient (Wildman–Crippen LogP) is 2.31. The van der Waals surface area contributed by atoms with Gasteiger partial charge >= 0.3 is 0 Å². The highest BCUT2D eigenvalue weighted by Crippen LogP contribution is 2.30. The number of nitrogens with one attached hydrogen (secondary N) is 1. The topological polar surface area (TPSA) is 58.2 Å². The van der Waals surface area contributed by atoms with E-state index in [4.69, 9.17) is 4.74 Å². The van der Waals surface area contributed by atoms with Gasteiger partial charge in [0.1, 0.15) is 6.61 Å². The molecule has 0 saturated carbocycles. The van der Waals surface area contributed by atoms with Crippen LogP contribution in [-0.2, 0) is 16.0 Å². The van der Waals surface area contributed by atoms with Gasteiger partial charge in [-0.05, 0) is 43.1 Å². The molecule has 2 heterocycles. The molecule has 1 aliphatic carbocycles. The Morgan fingerprint density at radius 2 is 2.19 bits per heavy atom. The van der Waals surface area contributed by atoms with Gasteiger partial charge in [-0.2, -0.15) is 5.10 Å². The summed E-state index contributed by atoms with van der Waals surface area (Å²) in [6.07, 6.45) is 6.21. The number of carbonyl (C=O) groups excluding carboxylic acids is 1. The van der Waals surface area contributed by atoms with Crippen molar-refractivity contribution in [2.75, 3.05) is 19.7 Å². The number of aryl methyl sites for hydroxylation is 1. The monoisotopic (exact) mass is 291 g/mol. The lowest BCUT2D eigenvalue weighted by Crippen LogP contribution is -2.44. The van der Waals surface area contributed by atoms with Crippen molar-refractivity contribution in [3.63, 3.8) is 0 Å². The number of fused-ring (bicyclic) bond motifs is 1. The lowest BCUT2D eigenvalue weighted by Gasteiger charge is -2.35. The smallest absolute Gasteiger partial charge is 0.248 e. The van der Waals surface area contributed by atoms with Gasteiger partial charge in [0.25, 0.3) is 0 Å². The van der Waals surface area contributed by atoms with Gasteiger partial charge in [-0.15, -0.1) is 0 Å². The van der Waals surface area contributed by atoms with Crippen molar-refractivity contribution in [2.24, 2.45) is 11.8 Å². The second-order valence-electron chi connectivity index (χ2n) is 6.75. The molecule has 3 unspecified atom stereocenters. The molecule has 0 radical (unpaired) electrons. The van der Waals surface area contributed by atoms with Gasteiger partial charge in [0.05, 0.1) is 18.0 Å². The molecule has 21 heavy (non-hydrogen) atoms. The maximum Gasteiger partial charge on any atom is 0.248 e. The van der Waals surface area contributed by atoms with E-state index in [1.165, 1.54) is 12.0 Å². The summed E-state index contributed by atoms with van der Waals surface area (Å²) in [5.41, 5.74) is 2.30. The first-order chi connectivity index (χ1) is 10.1. The standard InChI is InChI=1S/C16H25N3O2/c1-11-6-12(2)9-19(8-11)15(20)10-21-14-5-3-4-13-7-17-18-16(13)14/h7,11-12,14H,3-6,8-10H2,1-2H3,(H,17,18). The molecular formula is C16H25N3O2. The number of H-pyrrole nitrogens is 1. The van der Waals surface area contributed by atoms with E-state index in [2.05, 4.69) is 24.0 Å². The Labute approximate surface area is 126 Å². The van der Waals surface area contributed by atoms with Crippen LogP contribution >= 0.6 is 0 Å². The van der Waals surface area contributed by atoms with Crippen LogP contribution in [0.1, 0.15) is 50.5 Å². The number of rotatable bonds is 3.